The molecule has 112 valence electrons. The summed E-state index contributed by atoms with van der Waals surface area (Å²) in [6.07, 6.45) is 7.31. The highest BCUT2D eigenvalue weighted by Gasteiger charge is 2.20. The van der Waals surface area contributed by atoms with E-state index in [1.807, 2.05) is 17.9 Å². The molecule has 3 nitrogen and oxygen atoms in total. The molecule has 21 heavy (non-hydrogen) atoms. The van der Waals surface area contributed by atoms with Crippen LogP contribution in [0.5, 0.6) is 0 Å². The molecule has 0 atom stereocenters. The largest absolute Gasteiger partial charge is 0.326 e. The highest BCUT2D eigenvalue weighted by molar-refractivity contribution is 5.64. The molecule has 0 radical (unpaired) electrons. The maximum atomic E-state index is 5.91. The van der Waals surface area contributed by atoms with Crippen LogP contribution < -0.4 is 5.73 Å². The van der Waals surface area contributed by atoms with Gasteiger partial charge in [0.25, 0.3) is 0 Å². The van der Waals surface area contributed by atoms with Gasteiger partial charge in [-0.25, -0.2) is 0 Å². The molecule has 1 aliphatic carbocycles. The summed E-state index contributed by atoms with van der Waals surface area (Å²) in [5, 5.41) is 4.55. The number of hydrogen-bond donors (Lipinski definition) is 1. The van der Waals surface area contributed by atoms with Crippen molar-refractivity contribution in [1.29, 1.82) is 0 Å². The SMILES string of the molecule is CC1CCC(c2ccc(CN)c(-c3ccn(C)n3)c2)CC1. The molecule has 3 heteroatoms. The van der Waals surface area contributed by atoms with Crippen LogP contribution in [0.1, 0.15) is 49.7 Å². The van der Waals surface area contributed by atoms with Crippen LogP contribution in [0, 0.1) is 5.92 Å². The molecule has 1 heterocycles. The monoisotopic (exact) mass is 283 g/mol. The van der Waals surface area contributed by atoms with Crippen LogP contribution in [0.2, 0.25) is 0 Å². The highest BCUT2D eigenvalue weighted by atomic mass is 15.2. The Kier molecular flexibility index (Phi) is 4.11. The summed E-state index contributed by atoms with van der Waals surface area (Å²) in [5.74, 6) is 1.59. The molecule has 0 bridgehead atoms. The Bertz CT molecular complexity index is 607. The number of rotatable bonds is 3. The summed E-state index contributed by atoms with van der Waals surface area (Å²) in [6, 6.07) is 8.86. The van der Waals surface area contributed by atoms with Gasteiger partial charge in [0, 0.05) is 25.4 Å². The highest BCUT2D eigenvalue weighted by Crippen LogP contribution is 2.37. The molecule has 0 spiro atoms. The van der Waals surface area contributed by atoms with Crippen molar-refractivity contribution in [3.63, 3.8) is 0 Å². The fraction of sp³-hybridized carbons (Fsp3) is 0.500. The van der Waals surface area contributed by atoms with Gasteiger partial charge in [-0.1, -0.05) is 31.9 Å². The summed E-state index contributed by atoms with van der Waals surface area (Å²) in [5.41, 5.74) is 10.8. The van der Waals surface area contributed by atoms with Crippen LogP contribution in [0.3, 0.4) is 0 Å². The van der Waals surface area contributed by atoms with Crippen molar-refractivity contribution in [2.24, 2.45) is 18.7 Å². The lowest BCUT2D eigenvalue weighted by molar-refractivity contribution is 0.348. The summed E-state index contributed by atoms with van der Waals surface area (Å²) < 4.78 is 1.85. The van der Waals surface area contributed by atoms with Crippen molar-refractivity contribution >= 4 is 0 Å². The molecule has 1 saturated carbocycles. The van der Waals surface area contributed by atoms with Crippen LogP contribution in [-0.2, 0) is 13.6 Å². The number of hydrogen-bond acceptors (Lipinski definition) is 2. The van der Waals surface area contributed by atoms with Gasteiger partial charge in [0.2, 0.25) is 0 Å². The number of nitrogens with zero attached hydrogens (tertiary/aromatic N) is 2. The smallest absolute Gasteiger partial charge is 0.0926 e. The third-order valence-electron chi connectivity index (χ3n) is 4.83. The average Bonchev–Trinajstić information content (AvgIpc) is 2.94. The topological polar surface area (TPSA) is 43.8 Å². The van der Waals surface area contributed by atoms with Gasteiger partial charge in [-0.2, -0.15) is 5.10 Å². The zero-order valence-electron chi connectivity index (χ0n) is 13.0. The first-order valence-corrected chi connectivity index (χ1v) is 8.00. The van der Waals surface area contributed by atoms with Crippen LogP contribution in [0.25, 0.3) is 11.3 Å². The second kappa shape index (κ2) is 6.02. The van der Waals surface area contributed by atoms with Crippen LogP contribution in [0.15, 0.2) is 30.5 Å². The fourth-order valence-electron chi connectivity index (χ4n) is 3.42. The van der Waals surface area contributed by atoms with E-state index in [1.165, 1.54) is 42.4 Å². The van der Waals surface area contributed by atoms with E-state index in [0.717, 1.165) is 11.6 Å². The van der Waals surface area contributed by atoms with E-state index < -0.39 is 0 Å². The van der Waals surface area contributed by atoms with E-state index in [2.05, 4.69) is 36.3 Å². The maximum absolute atomic E-state index is 5.91. The molecule has 0 amide bonds. The first kappa shape index (κ1) is 14.3. The third kappa shape index (κ3) is 3.03. The van der Waals surface area contributed by atoms with Gasteiger partial charge >= 0.3 is 0 Å². The Balaban J connectivity index is 1.93. The quantitative estimate of drug-likeness (QED) is 0.930. The van der Waals surface area contributed by atoms with Gasteiger partial charge in [-0.15, -0.1) is 0 Å². The lowest BCUT2D eigenvalue weighted by Crippen LogP contribution is -2.11. The van der Waals surface area contributed by atoms with E-state index in [0.29, 0.717) is 12.5 Å². The van der Waals surface area contributed by atoms with Gasteiger partial charge in [-0.3, -0.25) is 4.68 Å². The van der Waals surface area contributed by atoms with Crippen molar-refractivity contribution in [2.75, 3.05) is 0 Å². The zero-order chi connectivity index (χ0) is 14.8. The van der Waals surface area contributed by atoms with Crippen molar-refractivity contribution in [1.82, 2.24) is 9.78 Å². The minimum Gasteiger partial charge on any atom is -0.326 e. The number of benzene rings is 1. The van der Waals surface area contributed by atoms with Gasteiger partial charge in [0.15, 0.2) is 0 Å². The molecule has 0 unspecified atom stereocenters. The fourth-order valence-corrected chi connectivity index (χ4v) is 3.42. The van der Waals surface area contributed by atoms with Crippen molar-refractivity contribution in [3.05, 3.63) is 41.6 Å². The van der Waals surface area contributed by atoms with E-state index >= 15 is 0 Å². The summed E-state index contributed by atoms with van der Waals surface area (Å²) >= 11 is 0. The molecule has 3 rings (SSSR count). The van der Waals surface area contributed by atoms with Crippen LogP contribution in [-0.4, -0.2) is 9.78 Å². The van der Waals surface area contributed by atoms with E-state index in [-0.39, 0.29) is 0 Å². The lowest BCUT2D eigenvalue weighted by atomic mass is 9.79. The second-order valence-electron chi connectivity index (χ2n) is 6.45. The van der Waals surface area contributed by atoms with Gasteiger partial charge < -0.3 is 5.73 Å². The second-order valence-corrected chi connectivity index (χ2v) is 6.45. The van der Waals surface area contributed by atoms with Crippen molar-refractivity contribution in [2.45, 2.75) is 45.1 Å². The third-order valence-corrected chi connectivity index (χ3v) is 4.83. The molecule has 0 aliphatic heterocycles. The Morgan fingerprint density at radius 2 is 1.95 bits per heavy atom. The van der Waals surface area contributed by atoms with Crippen LogP contribution >= 0.6 is 0 Å². The van der Waals surface area contributed by atoms with Crippen molar-refractivity contribution < 1.29 is 0 Å². The number of nitrogens with two attached hydrogens (primary N) is 1. The number of aryl methyl sites for hydroxylation is 1. The van der Waals surface area contributed by atoms with Gasteiger partial charge in [-0.05, 0) is 47.9 Å². The predicted octanol–water partition coefficient (Wildman–Crippen LogP) is 3.84. The summed E-state index contributed by atoms with van der Waals surface area (Å²) in [7, 11) is 1.96. The van der Waals surface area contributed by atoms with Crippen LogP contribution in [0.4, 0.5) is 0 Å². The molecule has 0 saturated heterocycles. The molecule has 1 aliphatic rings. The van der Waals surface area contributed by atoms with Gasteiger partial charge in [0.1, 0.15) is 0 Å². The van der Waals surface area contributed by atoms with Gasteiger partial charge in [0.05, 0.1) is 5.69 Å². The Labute approximate surface area is 127 Å². The summed E-state index contributed by atoms with van der Waals surface area (Å²) in [6.45, 7) is 2.93. The molecule has 1 aromatic heterocycles. The van der Waals surface area contributed by atoms with Crippen molar-refractivity contribution in [3.8, 4) is 11.3 Å². The van der Waals surface area contributed by atoms with E-state index in [9.17, 15) is 0 Å². The molecule has 2 aromatic rings. The average molecular weight is 283 g/mol. The predicted molar refractivity (Wildman–Crippen MR) is 86.9 cm³/mol. The zero-order valence-corrected chi connectivity index (χ0v) is 13.0. The molecule has 1 aromatic carbocycles. The molecule has 2 N–H and O–H groups in total. The lowest BCUT2D eigenvalue weighted by Gasteiger charge is -2.27. The molecule has 1 fully saturated rings. The normalized spacial score (nSPS) is 22.4. The molecular formula is C18H25N3. The minimum absolute atomic E-state index is 0.563. The molecular weight excluding hydrogens is 258 g/mol. The Morgan fingerprint density at radius 3 is 2.57 bits per heavy atom. The van der Waals surface area contributed by atoms with E-state index in [4.69, 9.17) is 5.73 Å². The first-order chi connectivity index (χ1) is 10.2. The number of aromatic nitrogens is 2. The van der Waals surface area contributed by atoms with E-state index in [1.54, 1.807) is 0 Å². The Hall–Kier alpha value is -1.61. The standard InChI is InChI=1S/C18H25N3/c1-13-3-5-14(6-4-13)15-7-8-16(12-19)17(11-15)18-9-10-21(2)20-18/h7-11,13-14H,3-6,12,19H2,1-2H3. The summed E-state index contributed by atoms with van der Waals surface area (Å²) in [4.78, 5) is 0. The minimum atomic E-state index is 0.563. The maximum Gasteiger partial charge on any atom is 0.0926 e. The first-order valence-electron chi connectivity index (χ1n) is 8.00. The Morgan fingerprint density at radius 1 is 1.19 bits per heavy atom.